The monoisotopic (exact) mass is 435 g/mol. The highest BCUT2D eigenvalue weighted by atomic mass is 32.2. The normalized spacial score (nSPS) is 15.0. The molecule has 0 aliphatic carbocycles. The quantitative estimate of drug-likeness (QED) is 0.574. The molecule has 0 spiro atoms. The highest BCUT2D eigenvalue weighted by Gasteiger charge is 2.32. The molecule has 1 aliphatic rings. The summed E-state index contributed by atoms with van der Waals surface area (Å²) in [5, 5.41) is 0.760. The number of sulfonamides is 1. The molecule has 1 aliphatic heterocycles. The van der Waals surface area contributed by atoms with Crippen molar-refractivity contribution < 1.29 is 22.3 Å². The Morgan fingerprint density at radius 2 is 1.90 bits per heavy atom. The number of benzene rings is 2. The number of carbonyl (C=O) groups excluding carboxylic acids is 1. The van der Waals surface area contributed by atoms with Gasteiger partial charge in [-0.1, -0.05) is 11.3 Å². The first-order valence-electron chi connectivity index (χ1n) is 8.78. The zero-order valence-corrected chi connectivity index (χ0v) is 17.3. The summed E-state index contributed by atoms with van der Waals surface area (Å²) >= 11 is 1.39. The van der Waals surface area contributed by atoms with Crippen molar-refractivity contribution in [1.82, 2.24) is 9.29 Å². The fourth-order valence-corrected chi connectivity index (χ4v) is 4.79. The summed E-state index contributed by atoms with van der Waals surface area (Å²) < 4.78 is 44.8. The van der Waals surface area contributed by atoms with Crippen molar-refractivity contribution >= 4 is 42.7 Å². The number of hydrogen-bond donors (Lipinski definition) is 0. The van der Waals surface area contributed by atoms with Crippen LogP contribution in [0.4, 0.5) is 9.52 Å². The zero-order valence-electron chi connectivity index (χ0n) is 15.7. The number of anilines is 1. The average molecular weight is 436 g/mol. The largest absolute Gasteiger partial charge is 0.455 e. The van der Waals surface area contributed by atoms with Crippen molar-refractivity contribution in [1.29, 1.82) is 0 Å². The van der Waals surface area contributed by atoms with Gasteiger partial charge in [0.25, 0.3) is 0 Å². The molecular weight excluding hydrogens is 417 g/mol. The van der Waals surface area contributed by atoms with Gasteiger partial charge in [0.2, 0.25) is 10.0 Å². The van der Waals surface area contributed by atoms with E-state index in [2.05, 4.69) is 4.98 Å². The third kappa shape index (κ3) is 3.83. The maximum absolute atomic E-state index is 13.3. The van der Waals surface area contributed by atoms with Crippen LogP contribution in [0.15, 0.2) is 47.4 Å². The van der Waals surface area contributed by atoms with Gasteiger partial charge in [0.15, 0.2) is 5.13 Å². The minimum absolute atomic E-state index is 0.112. The predicted molar refractivity (Wildman–Crippen MR) is 108 cm³/mol. The van der Waals surface area contributed by atoms with Gasteiger partial charge in [0, 0.05) is 14.1 Å². The van der Waals surface area contributed by atoms with E-state index in [-0.39, 0.29) is 22.4 Å². The second-order valence-corrected chi connectivity index (χ2v) is 10.0. The van der Waals surface area contributed by atoms with Crippen molar-refractivity contribution in [3.05, 3.63) is 53.8 Å². The fourth-order valence-electron chi connectivity index (χ4n) is 2.88. The van der Waals surface area contributed by atoms with Crippen molar-refractivity contribution in [2.75, 3.05) is 32.1 Å². The van der Waals surface area contributed by atoms with E-state index < -0.39 is 16.0 Å². The lowest BCUT2D eigenvalue weighted by Crippen LogP contribution is -2.53. The van der Waals surface area contributed by atoms with Crippen LogP contribution in [0.3, 0.4) is 0 Å². The molecule has 0 amide bonds. The standard InChI is InChI=1S/C19H18FN3O4S2/c1-22(2)29(25,26)15-6-3-12(4-7-15)18(24)27-14-10-23(11-14)19-21-16-8-5-13(20)9-17(16)28-19/h3-9,14H,10-11H2,1-2H3. The molecule has 2 aromatic carbocycles. The van der Waals surface area contributed by atoms with Crippen LogP contribution in [0.1, 0.15) is 10.4 Å². The second kappa shape index (κ2) is 7.36. The molecular formula is C19H18FN3O4S2. The number of hydrogen-bond acceptors (Lipinski definition) is 7. The molecule has 0 saturated carbocycles. The van der Waals surface area contributed by atoms with Crippen LogP contribution < -0.4 is 4.90 Å². The lowest BCUT2D eigenvalue weighted by molar-refractivity contribution is 0.0234. The summed E-state index contributed by atoms with van der Waals surface area (Å²) in [5.41, 5.74) is 1.02. The third-order valence-corrected chi connectivity index (χ3v) is 7.51. The SMILES string of the molecule is CN(C)S(=O)(=O)c1ccc(C(=O)OC2CN(c3nc4ccc(F)cc4s3)C2)cc1. The Kier molecular flexibility index (Phi) is 5.01. The third-order valence-electron chi connectivity index (χ3n) is 4.60. The highest BCUT2D eigenvalue weighted by Crippen LogP contribution is 2.32. The number of carbonyl (C=O) groups is 1. The molecule has 0 unspecified atom stereocenters. The fraction of sp³-hybridized carbons (Fsp3) is 0.263. The minimum atomic E-state index is -3.54. The first-order valence-corrected chi connectivity index (χ1v) is 11.0. The summed E-state index contributed by atoms with van der Waals surface area (Å²) in [6, 6.07) is 10.1. The molecule has 4 rings (SSSR count). The van der Waals surface area contributed by atoms with Crippen molar-refractivity contribution in [2.24, 2.45) is 0 Å². The van der Waals surface area contributed by atoms with Gasteiger partial charge >= 0.3 is 5.97 Å². The molecule has 1 aromatic heterocycles. The van der Waals surface area contributed by atoms with E-state index in [0.717, 1.165) is 19.7 Å². The Morgan fingerprint density at radius 3 is 2.55 bits per heavy atom. The Hall–Kier alpha value is -2.56. The van der Waals surface area contributed by atoms with Gasteiger partial charge in [0.05, 0.1) is 33.8 Å². The second-order valence-electron chi connectivity index (χ2n) is 6.85. The van der Waals surface area contributed by atoms with Gasteiger partial charge in [-0.05, 0) is 42.5 Å². The first kappa shape index (κ1) is 19.7. The zero-order chi connectivity index (χ0) is 20.8. The number of esters is 1. The van der Waals surface area contributed by atoms with E-state index in [0.29, 0.717) is 13.1 Å². The van der Waals surface area contributed by atoms with Crippen LogP contribution in [0.25, 0.3) is 10.2 Å². The van der Waals surface area contributed by atoms with Crippen LogP contribution in [-0.4, -0.2) is 57.0 Å². The van der Waals surface area contributed by atoms with E-state index in [1.54, 1.807) is 6.07 Å². The van der Waals surface area contributed by atoms with Crippen LogP contribution >= 0.6 is 11.3 Å². The Morgan fingerprint density at radius 1 is 1.21 bits per heavy atom. The maximum Gasteiger partial charge on any atom is 0.338 e. The number of halogens is 1. The van der Waals surface area contributed by atoms with Crippen LogP contribution in [-0.2, 0) is 14.8 Å². The lowest BCUT2D eigenvalue weighted by Gasteiger charge is -2.38. The number of fused-ring (bicyclic) bond motifs is 1. The molecule has 0 N–H and O–H groups in total. The van der Waals surface area contributed by atoms with Gasteiger partial charge < -0.3 is 9.64 Å². The Labute approximate surface area is 171 Å². The number of rotatable bonds is 5. The van der Waals surface area contributed by atoms with E-state index in [1.165, 1.54) is 61.8 Å². The van der Waals surface area contributed by atoms with E-state index in [1.807, 2.05) is 4.90 Å². The smallest absolute Gasteiger partial charge is 0.338 e. The van der Waals surface area contributed by atoms with Gasteiger partial charge in [-0.3, -0.25) is 0 Å². The van der Waals surface area contributed by atoms with Crippen molar-refractivity contribution in [2.45, 2.75) is 11.0 Å². The molecule has 1 saturated heterocycles. The molecule has 0 atom stereocenters. The minimum Gasteiger partial charge on any atom is -0.455 e. The van der Waals surface area contributed by atoms with Gasteiger partial charge in [0.1, 0.15) is 11.9 Å². The number of thiazole rings is 1. The molecule has 29 heavy (non-hydrogen) atoms. The number of aromatic nitrogens is 1. The number of ether oxygens (including phenoxy) is 1. The maximum atomic E-state index is 13.3. The predicted octanol–water partition coefficient (Wildman–Crippen LogP) is 2.73. The van der Waals surface area contributed by atoms with Gasteiger partial charge in [-0.25, -0.2) is 26.9 Å². The topological polar surface area (TPSA) is 79.8 Å². The molecule has 2 heterocycles. The van der Waals surface area contributed by atoms with E-state index in [4.69, 9.17) is 4.74 Å². The molecule has 10 heteroatoms. The average Bonchev–Trinajstić information content (AvgIpc) is 3.06. The van der Waals surface area contributed by atoms with Crippen LogP contribution in [0.2, 0.25) is 0 Å². The molecule has 152 valence electrons. The van der Waals surface area contributed by atoms with Crippen LogP contribution in [0, 0.1) is 5.82 Å². The Balaban J connectivity index is 1.36. The van der Waals surface area contributed by atoms with Gasteiger partial charge in [-0.15, -0.1) is 0 Å². The summed E-state index contributed by atoms with van der Waals surface area (Å²) in [6.07, 6.45) is -0.281. The highest BCUT2D eigenvalue weighted by molar-refractivity contribution is 7.89. The van der Waals surface area contributed by atoms with E-state index >= 15 is 0 Å². The summed E-state index contributed by atoms with van der Waals surface area (Å²) in [7, 11) is -0.650. The van der Waals surface area contributed by atoms with Crippen LogP contribution in [0.5, 0.6) is 0 Å². The number of nitrogens with zero attached hydrogens (tertiary/aromatic N) is 3. The summed E-state index contributed by atoms with van der Waals surface area (Å²) in [4.78, 5) is 18.9. The van der Waals surface area contributed by atoms with Gasteiger partial charge in [-0.2, -0.15) is 0 Å². The molecule has 0 bridgehead atoms. The summed E-state index contributed by atoms with van der Waals surface area (Å²) in [6.45, 7) is 1.00. The molecule has 7 nitrogen and oxygen atoms in total. The molecule has 1 fully saturated rings. The van der Waals surface area contributed by atoms with Crippen molar-refractivity contribution in [3.8, 4) is 0 Å². The summed E-state index contributed by atoms with van der Waals surface area (Å²) in [5.74, 6) is -0.803. The first-order chi connectivity index (χ1) is 13.7. The molecule has 3 aromatic rings. The van der Waals surface area contributed by atoms with E-state index in [9.17, 15) is 17.6 Å². The molecule has 0 radical (unpaired) electrons. The van der Waals surface area contributed by atoms with Crippen molar-refractivity contribution in [3.63, 3.8) is 0 Å². The lowest BCUT2D eigenvalue weighted by atomic mass is 10.2. The Bertz CT molecular complexity index is 1170.